The summed E-state index contributed by atoms with van der Waals surface area (Å²) in [6.45, 7) is 2.08. The van der Waals surface area contributed by atoms with Crippen molar-refractivity contribution in [1.29, 1.82) is 21.2 Å². The van der Waals surface area contributed by atoms with Crippen molar-refractivity contribution in [3.8, 4) is 18.2 Å². The fraction of sp³-hybridized carbons (Fsp3) is 0.550. The Morgan fingerprint density at radius 3 is 2.67 bits per heavy atom. The number of aromatic nitrogens is 1. The predicted octanol–water partition coefficient (Wildman–Crippen LogP) is 3.23. The first-order valence-corrected chi connectivity index (χ1v) is 9.13. The first-order valence-electron chi connectivity index (χ1n) is 9.13. The van der Waals surface area contributed by atoms with Gasteiger partial charge in [-0.1, -0.05) is 19.4 Å². The van der Waals surface area contributed by atoms with Gasteiger partial charge in [-0.3, -0.25) is 10.4 Å². The van der Waals surface area contributed by atoms with Gasteiger partial charge < -0.3 is 9.47 Å². The molecule has 2 saturated heterocycles. The second-order valence-electron chi connectivity index (χ2n) is 7.58. The van der Waals surface area contributed by atoms with Gasteiger partial charge in [0.1, 0.15) is 6.10 Å². The Morgan fingerprint density at radius 1 is 1.30 bits per heavy atom. The molecule has 1 aliphatic carbocycles. The second-order valence-corrected chi connectivity index (χ2v) is 7.58. The Bertz CT molecular complexity index is 897. The van der Waals surface area contributed by atoms with Crippen LogP contribution in [0.5, 0.6) is 0 Å². The van der Waals surface area contributed by atoms with Crippen molar-refractivity contribution in [1.82, 2.24) is 4.98 Å². The molecule has 1 N–H and O–H groups in total. The highest BCUT2D eigenvalue weighted by Gasteiger charge is 2.80. The topological polar surface area (TPSA) is 127 Å². The number of nitrogens with one attached hydrogen (secondary N) is 1. The predicted molar refractivity (Wildman–Crippen MR) is 92.4 cm³/mol. The molecule has 1 aromatic rings. The van der Waals surface area contributed by atoms with Crippen molar-refractivity contribution >= 4 is 5.90 Å². The van der Waals surface area contributed by atoms with Gasteiger partial charge >= 0.3 is 0 Å². The number of hydrogen-bond acceptors (Lipinski definition) is 7. The molecule has 27 heavy (non-hydrogen) atoms. The summed E-state index contributed by atoms with van der Waals surface area (Å²) in [4.78, 5) is 4.08. The molecule has 5 unspecified atom stereocenters. The summed E-state index contributed by atoms with van der Waals surface area (Å²) in [6, 6.07) is 9.76. The van der Waals surface area contributed by atoms with Gasteiger partial charge in [-0.05, 0) is 24.8 Å². The van der Waals surface area contributed by atoms with E-state index in [-0.39, 0.29) is 5.90 Å². The summed E-state index contributed by atoms with van der Waals surface area (Å²) < 4.78 is 12.2. The minimum absolute atomic E-state index is 0.318. The van der Waals surface area contributed by atoms with Crippen LogP contribution in [0.15, 0.2) is 24.5 Å². The summed E-state index contributed by atoms with van der Waals surface area (Å²) in [5.41, 5.74) is -3.01. The molecule has 7 heteroatoms. The number of nitrogens with zero attached hydrogens (tertiary/aromatic N) is 4. The molecular weight excluding hydrogens is 342 g/mol. The van der Waals surface area contributed by atoms with E-state index in [1.807, 2.05) is 0 Å². The second kappa shape index (κ2) is 5.78. The highest BCUT2D eigenvalue weighted by Crippen LogP contribution is 2.70. The van der Waals surface area contributed by atoms with E-state index >= 15 is 0 Å². The van der Waals surface area contributed by atoms with E-state index in [0.29, 0.717) is 24.3 Å². The molecule has 2 bridgehead atoms. The molecule has 3 aliphatic rings. The van der Waals surface area contributed by atoms with Gasteiger partial charge in [0, 0.05) is 24.4 Å². The molecular formula is C20H19N5O2. The molecule has 0 radical (unpaired) electrons. The van der Waals surface area contributed by atoms with Gasteiger partial charge in [-0.15, -0.1) is 0 Å². The first-order chi connectivity index (χ1) is 13.0. The molecule has 4 rings (SSSR count). The summed E-state index contributed by atoms with van der Waals surface area (Å²) >= 11 is 0. The van der Waals surface area contributed by atoms with Crippen LogP contribution in [0.1, 0.15) is 44.3 Å². The minimum atomic E-state index is -1.89. The lowest BCUT2D eigenvalue weighted by Gasteiger charge is -2.52. The van der Waals surface area contributed by atoms with E-state index < -0.39 is 28.6 Å². The van der Waals surface area contributed by atoms with E-state index in [2.05, 4.69) is 30.1 Å². The van der Waals surface area contributed by atoms with Crippen LogP contribution >= 0.6 is 0 Å². The van der Waals surface area contributed by atoms with Crippen LogP contribution in [-0.4, -0.2) is 16.7 Å². The van der Waals surface area contributed by atoms with Crippen molar-refractivity contribution in [2.45, 2.75) is 44.5 Å². The quantitative estimate of drug-likeness (QED) is 0.861. The van der Waals surface area contributed by atoms with Gasteiger partial charge in [0.25, 0.3) is 0 Å². The number of rotatable bonds is 2. The van der Waals surface area contributed by atoms with E-state index in [4.69, 9.17) is 14.9 Å². The number of ether oxygens (including phenoxy) is 2. The lowest BCUT2D eigenvalue weighted by molar-refractivity contribution is -0.299. The Morgan fingerprint density at radius 2 is 2.07 bits per heavy atom. The van der Waals surface area contributed by atoms with Crippen molar-refractivity contribution in [2.24, 2.45) is 22.7 Å². The fourth-order valence-electron chi connectivity index (χ4n) is 5.12. The van der Waals surface area contributed by atoms with Gasteiger partial charge in [0.15, 0.2) is 5.41 Å². The SMILES string of the molecule is CCC1CCC23OC(=N)C(C#N)(C2C1)C(C#N)(C#N)C(c1cccnc1)O3. The normalized spacial score (nSPS) is 38.6. The van der Waals surface area contributed by atoms with Crippen LogP contribution < -0.4 is 0 Å². The van der Waals surface area contributed by atoms with Crippen LogP contribution in [-0.2, 0) is 9.47 Å². The van der Waals surface area contributed by atoms with Gasteiger partial charge in [0.05, 0.1) is 24.1 Å². The Balaban J connectivity index is 1.97. The standard InChI is InChI=1S/C20H19N5O2/c1-2-13-5-6-20-15(8-13)19(12-23,17(24)27-20)18(10-21,11-22)16(26-20)14-4-3-7-25-9-14/h3-4,7,9,13,15-16,24H,2,5-6,8H2,1H3. The fourth-order valence-corrected chi connectivity index (χ4v) is 5.12. The number of pyridine rings is 1. The van der Waals surface area contributed by atoms with Crippen LogP contribution in [0.3, 0.4) is 0 Å². The molecule has 7 nitrogen and oxygen atoms in total. The molecule has 0 amide bonds. The monoisotopic (exact) mass is 361 g/mol. The summed E-state index contributed by atoms with van der Waals surface area (Å²) in [5.74, 6) is -1.63. The van der Waals surface area contributed by atoms with E-state index in [1.165, 1.54) is 6.20 Å². The number of nitriles is 3. The van der Waals surface area contributed by atoms with Crippen molar-refractivity contribution in [3.63, 3.8) is 0 Å². The minimum Gasteiger partial charge on any atom is -0.447 e. The zero-order chi connectivity index (χ0) is 19.3. The molecule has 3 heterocycles. The largest absolute Gasteiger partial charge is 0.447 e. The van der Waals surface area contributed by atoms with Gasteiger partial charge in [-0.25, -0.2) is 0 Å². The number of hydrogen-bond donors (Lipinski definition) is 1. The third-order valence-corrected chi connectivity index (χ3v) is 6.58. The summed E-state index contributed by atoms with van der Waals surface area (Å²) in [7, 11) is 0. The van der Waals surface area contributed by atoms with Crippen molar-refractivity contribution < 1.29 is 9.47 Å². The zero-order valence-corrected chi connectivity index (χ0v) is 15.0. The zero-order valence-electron chi connectivity index (χ0n) is 15.0. The van der Waals surface area contributed by atoms with E-state index in [9.17, 15) is 15.8 Å². The summed E-state index contributed by atoms with van der Waals surface area (Å²) in [5, 5.41) is 39.0. The molecule has 2 aliphatic heterocycles. The molecule has 0 spiro atoms. The summed E-state index contributed by atoms with van der Waals surface area (Å²) in [6.07, 6.45) is 5.03. The van der Waals surface area contributed by atoms with Crippen molar-refractivity contribution in [2.75, 3.05) is 0 Å². The van der Waals surface area contributed by atoms with Crippen LogP contribution in [0.25, 0.3) is 0 Å². The third-order valence-electron chi connectivity index (χ3n) is 6.58. The smallest absolute Gasteiger partial charge is 0.217 e. The van der Waals surface area contributed by atoms with Gasteiger partial charge in [-0.2, -0.15) is 15.8 Å². The molecule has 1 aromatic heterocycles. The molecule has 0 aromatic carbocycles. The van der Waals surface area contributed by atoms with E-state index in [0.717, 1.165) is 12.8 Å². The Hall–Kier alpha value is -2.95. The van der Waals surface area contributed by atoms with Crippen LogP contribution in [0.4, 0.5) is 0 Å². The van der Waals surface area contributed by atoms with Gasteiger partial charge in [0.2, 0.25) is 17.1 Å². The highest BCUT2D eigenvalue weighted by atomic mass is 16.7. The molecule has 1 saturated carbocycles. The highest BCUT2D eigenvalue weighted by molar-refractivity contribution is 5.89. The van der Waals surface area contributed by atoms with Crippen LogP contribution in [0, 0.1) is 62.1 Å². The maximum Gasteiger partial charge on any atom is 0.217 e. The third kappa shape index (κ3) is 1.91. The maximum absolute atomic E-state index is 10.3. The lowest BCUT2D eigenvalue weighted by atomic mass is 9.50. The first kappa shape index (κ1) is 17.5. The Kier molecular flexibility index (Phi) is 3.74. The maximum atomic E-state index is 10.3. The molecule has 136 valence electrons. The molecule has 3 fully saturated rings. The average Bonchev–Trinajstić information content (AvgIpc) is 2.92. The Labute approximate surface area is 157 Å². The van der Waals surface area contributed by atoms with E-state index in [1.54, 1.807) is 18.3 Å². The van der Waals surface area contributed by atoms with Crippen LogP contribution in [0.2, 0.25) is 0 Å². The average molecular weight is 361 g/mol. The van der Waals surface area contributed by atoms with Crippen molar-refractivity contribution in [3.05, 3.63) is 30.1 Å². The lowest BCUT2D eigenvalue weighted by Crippen LogP contribution is -2.61. The molecule has 5 atom stereocenters.